The van der Waals surface area contributed by atoms with Gasteiger partial charge in [0.15, 0.2) is 0 Å². The summed E-state index contributed by atoms with van der Waals surface area (Å²) in [5.74, 6) is 1.80. The normalized spacial score (nSPS) is 11.1. The van der Waals surface area contributed by atoms with E-state index in [4.69, 9.17) is 4.74 Å². The summed E-state index contributed by atoms with van der Waals surface area (Å²) in [6.45, 7) is 0. The highest BCUT2D eigenvalue weighted by Gasteiger charge is 2.14. The summed E-state index contributed by atoms with van der Waals surface area (Å²) in [6.07, 6.45) is 0. The third-order valence-corrected chi connectivity index (χ3v) is 3.97. The summed E-state index contributed by atoms with van der Waals surface area (Å²) in [5, 5.41) is 12.2. The van der Waals surface area contributed by atoms with E-state index >= 15 is 0 Å². The second-order valence-corrected chi connectivity index (χ2v) is 5.39. The van der Waals surface area contributed by atoms with Gasteiger partial charge in [0.25, 0.3) is 5.56 Å². The number of aromatic nitrogens is 4. The van der Waals surface area contributed by atoms with Crippen molar-refractivity contribution >= 4 is 28.3 Å². The van der Waals surface area contributed by atoms with Crippen molar-refractivity contribution in [2.45, 2.75) is 0 Å². The van der Waals surface area contributed by atoms with Gasteiger partial charge in [-0.15, -0.1) is 10.2 Å². The molecule has 2 heterocycles. The smallest absolute Gasteiger partial charge is 0.262 e. The van der Waals surface area contributed by atoms with Gasteiger partial charge in [0.1, 0.15) is 5.75 Å². The lowest BCUT2D eigenvalue weighted by Crippen LogP contribution is -2.20. The number of para-hydroxylation sites is 1. The molecular weight excluding hydrogens is 306 g/mol. The number of hydrogen-bond donors (Lipinski definition) is 1. The van der Waals surface area contributed by atoms with Crippen LogP contribution >= 0.6 is 0 Å². The molecule has 24 heavy (non-hydrogen) atoms. The molecule has 0 aliphatic carbocycles. The summed E-state index contributed by atoms with van der Waals surface area (Å²) in [5.41, 5.74) is 1.51. The summed E-state index contributed by atoms with van der Waals surface area (Å²) < 4.78 is 8.49. The Labute approximate surface area is 137 Å². The van der Waals surface area contributed by atoms with E-state index < -0.39 is 0 Å². The van der Waals surface area contributed by atoms with E-state index in [9.17, 15) is 4.79 Å². The molecule has 2 aromatic heterocycles. The van der Waals surface area contributed by atoms with Gasteiger partial charge in [0.2, 0.25) is 11.7 Å². The molecule has 2 aromatic carbocycles. The van der Waals surface area contributed by atoms with E-state index in [2.05, 4.69) is 15.5 Å². The highest BCUT2D eigenvalue weighted by atomic mass is 16.5. The van der Waals surface area contributed by atoms with Gasteiger partial charge in [-0.2, -0.15) is 0 Å². The van der Waals surface area contributed by atoms with E-state index in [0.29, 0.717) is 17.1 Å². The molecule has 120 valence electrons. The summed E-state index contributed by atoms with van der Waals surface area (Å²) >= 11 is 0. The Kier molecular flexibility index (Phi) is 3.19. The van der Waals surface area contributed by atoms with Crippen LogP contribution in [-0.4, -0.2) is 26.3 Å². The Bertz CT molecular complexity index is 1100. The number of anilines is 2. The Morgan fingerprint density at radius 1 is 1.04 bits per heavy atom. The second kappa shape index (κ2) is 5.38. The first-order valence-electron chi connectivity index (χ1n) is 7.43. The van der Waals surface area contributed by atoms with Gasteiger partial charge < -0.3 is 10.1 Å². The molecule has 0 bridgehead atoms. The van der Waals surface area contributed by atoms with Crippen molar-refractivity contribution in [1.29, 1.82) is 0 Å². The van der Waals surface area contributed by atoms with Gasteiger partial charge in [-0.1, -0.05) is 12.1 Å². The summed E-state index contributed by atoms with van der Waals surface area (Å²) in [4.78, 5) is 12.4. The maximum Gasteiger partial charge on any atom is 0.262 e. The van der Waals surface area contributed by atoms with Crippen molar-refractivity contribution in [3.63, 3.8) is 0 Å². The van der Waals surface area contributed by atoms with Crippen LogP contribution in [0.4, 0.5) is 11.6 Å². The standard InChI is InChI=1S/C17H15N5O2/c1-21-15(23)13-5-3-4-6-14(13)22-16(19-20-17(21)22)18-11-7-9-12(24-2)10-8-11/h3-10H,1-2H3,(H,18,19). The van der Waals surface area contributed by atoms with E-state index in [-0.39, 0.29) is 5.56 Å². The van der Waals surface area contributed by atoms with Crippen molar-refractivity contribution in [3.8, 4) is 5.75 Å². The zero-order chi connectivity index (χ0) is 16.7. The lowest BCUT2D eigenvalue weighted by atomic mass is 10.2. The molecule has 7 nitrogen and oxygen atoms in total. The third-order valence-electron chi connectivity index (χ3n) is 3.97. The van der Waals surface area contributed by atoms with Crippen LogP contribution in [0.15, 0.2) is 53.3 Å². The number of nitrogens with zero attached hydrogens (tertiary/aromatic N) is 4. The maximum absolute atomic E-state index is 12.4. The molecule has 0 atom stereocenters. The Morgan fingerprint density at radius 3 is 2.54 bits per heavy atom. The Morgan fingerprint density at radius 2 is 1.79 bits per heavy atom. The molecule has 4 rings (SSSR count). The minimum absolute atomic E-state index is 0.0958. The molecule has 7 heteroatoms. The zero-order valence-corrected chi connectivity index (χ0v) is 13.2. The van der Waals surface area contributed by atoms with Crippen molar-refractivity contribution in [1.82, 2.24) is 19.2 Å². The highest BCUT2D eigenvalue weighted by Crippen LogP contribution is 2.21. The topological polar surface area (TPSA) is 73.4 Å². The van der Waals surface area contributed by atoms with Crippen LogP contribution in [0.2, 0.25) is 0 Å². The number of methoxy groups -OCH3 is 1. The monoisotopic (exact) mass is 321 g/mol. The first-order valence-corrected chi connectivity index (χ1v) is 7.43. The first kappa shape index (κ1) is 14.3. The van der Waals surface area contributed by atoms with Crippen LogP contribution in [-0.2, 0) is 7.05 Å². The molecule has 0 fully saturated rings. The van der Waals surface area contributed by atoms with E-state index in [1.807, 2.05) is 46.9 Å². The molecular formula is C17H15N5O2. The molecule has 0 saturated carbocycles. The van der Waals surface area contributed by atoms with Crippen molar-refractivity contribution in [2.75, 3.05) is 12.4 Å². The molecule has 0 radical (unpaired) electrons. The number of nitrogens with one attached hydrogen (secondary N) is 1. The molecule has 1 N–H and O–H groups in total. The summed E-state index contributed by atoms with van der Waals surface area (Å²) in [6, 6.07) is 14.9. The fourth-order valence-corrected chi connectivity index (χ4v) is 2.72. The number of benzene rings is 2. The average Bonchev–Trinajstić information content (AvgIpc) is 3.04. The predicted octanol–water partition coefficient (Wildman–Crippen LogP) is 2.33. The number of rotatable bonds is 3. The third kappa shape index (κ3) is 2.10. The van der Waals surface area contributed by atoms with Gasteiger partial charge in [-0.05, 0) is 36.4 Å². The minimum Gasteiger partial charge on any atom is -0.497 e. The number of fused-ring (bicyclic) bond motifs is 3. The molecule has 4 aromatic rings. The van der Waals surface area contributed by atoms with Crippen molar-refractivity contribution in [2.24, 2.45) is 7.05 Å². The van der Waals surface area contributed by atoms with Crippen LogP contribution in [0.25, 0.3) is 16.7 Å². The lowest BCUT2D eigenvalue weighted by Gasteiger charge is -2.09. The predicted molar refractivity (Wildman–Crippen MR) is 92.0 cm³/mol. The zero-order valence-electron chi connectivity index (χ0n) is 13.2. The van der Waals surface area contributed by atoms with Gasteiger partial charge >= 0.3 is 0 Å². The largest absolute Gasteiger partial charge is 0.497 e. The Balaban J connectivity index is 1.91. The average molecular weight is 321 g/mol. The van der Waals surface area contributed by atoms with Crippen molar-refractivity contribution < 1.29 is 4.74 Å². The maximum atomic E-state index is 12.4. The van der Waals surface area contributed by atoms with Crippen LogP contribution in [0.5, 0.6) is 5.75 Å². The van der Waals surface area contributed by atoms with Crippen LogP contribution in [0.3, 0.4) is 0 Å². The number of ether oxygens (including phenoxy) is 1. The second-order valence-electron chi connectivity index (χ2n) is 5.39. The fourth-order valence-electron chi connectivity index (χ4n) is 2.72. The fraction of sp³-hybridized carbons (Fsp3) is 0.118. The van der Waals surface area contributed by atoms with E-state index in [1.165, 1.54) is 4.57 Å². The lowest BCUT2D eigenvalue weighted by molar-refractivity contribution is 0.415. The first-order chi connectivity index (χ1) is 11.7. The summed E-state index contributed by atoms with van der Waals surface area (Å²) in [7, 11) is 3.32. The van der Waals surface area contributed by atoms with Crippen molar-refractivity contribution in [3.05, 3.63) is 58.9 Å². The molecule has 0 aliphatic heterocycles. The SMILES string of the molecule is COc1ccc(Nc2nnc3n(C)c(=O)c4ccccc4n23)cc1. The van der Waals surface area contributed by atoms with Crippen LogP contribution < -0.4 is 15.6 Å². The van der Waals surface area contributed by atoms with Gasteiger partial charge in [0.05, 0.1) is 18.0 Å². The number of aryl methyl sites for hydroxylation is 1. The molecule has 0 saturated heterocycles. The molecule has 0 unspecified atom stereocenters. The molecule has 0 amide bonds. The quantitative estimate of drug-likeness (QED) is 0.627. The van der Waals surface area contributed by atoms with E-state index in [0.717, 1.165) is 17.0 Å². The van der Waals surface area contributed by atoms with E-state index in [1.54, 1.807) is 20.2 Å². The molecule has 0 aliphatic rings. The highest BCUT2D eigenvalue weighted by molar-refractivity contribution is 5.81. The molecule has 0 spiro atoms. The van der Waals surface area contributed by atoms with Gasteiger partial charge in [-0.25, -0.2) is 4.40 Å². The van der Waals surface area contributed by atoms with Crippen LogP contribution in [0, 0.1) is 0 Å². The minimum atomic E-state index is -0.0958. The van der Waals surface area contributed by atoms with Crippen LogP contribution in [0.1, 0.15) is 0 Å². The Hall–Kier alpha value is -3.35. The van der Waals surface area contributed by atoms with Gasteiger partial charge in [-0.3, -0.25) is 9.36 Å². The number of hydrogen-bond acceptors (Lipinski definition) is 5. The van der Waals surface area contributed by atoms with Gasteiger partial charge in [0, 0.05) is 12.7 Å².